The number of rotatable bonds is 1. The number of alkyl halides is 4. The molecule has 1 aliphatic rings. The van der Waals surface area contributed by atoms with Crippen LogP contribution in [0.2, 0.25) is 0 Å². The SMILES string of the molecule is CC(C)(N)c1cc2c(cc1Br)OC(F)(F)C(F)(F)O2. The first kappa shape index (κ1) is 14.4. The standard InChI is InChI=1S/C11H10BrF4NO2/c1-9(2,17)5-3-7-8(4-6(5)12)19-11(15,16)10(13,14)18-7/h3-4H,17H2,1-2H3. The maximum atomic E-state index is 13.0. The molecule has 0 spiro atoms. The molecule has 0 aliphatic carbocycles. The van der Waals surface area contributed by atoms with Gasteiger partial charge >= 0.3 is 12.2 Å². The van der Waals surface area contributed by atoms with Gasteiger partial charge in [-0.05, 0) is 31.5 Å². The van der Waals surface area contributed by atoms with Gasteiger partial charge in [-0.3, -0.25) is 0 Å². The van der Waals surface area contributed by atoms with Gasteiger partial charge in [0.15, 0.2) is 11.5 Å². The van der Waals surface area contributed by atoms with Crippen molar-refractivity contribution in [3.8, 4) is 11.5 Å². The van der Waals surface area contributed by atoms with Gasteiger partial charge in [-0.15, -0.1) is 0 Å². The minimum absolute atomic E-state index is 0.364. The first-order valence-corrected chi connectivity index (χ1v) is 6.00. The Morgan fingerprint density at radius 1 is 1.05 bits per heavy atom. The Kier molecular flexibility index (Phi) is 3.02. The van der Waals surface area contributed by atoms with Crippen molar-refractivity contribution in [3.05, 3.63) is 22.2 Å². The predicted molar refractivity (Wildman–Crippen MR) is 62.5 cm³/mol. The van der Waals surface area contributed by atoms with Crippen LogP contribution in [-0.4, -0.2) is 12.2 Å². The fourth-order valence-electron chi connectivity index (χ4n) is 1.58. The van der Waals surface area contributed by atoms with E-state index in [4.69, 9.17) is 5.73 Å². The summed E-state index contributed by atoms with van der Waals surface area (Å²) < 4.78 is 60.5. The molecule has 1 aromatic carbocycles. The van der Waals surface area contributed by atoms with E-state index in [0.29, 0.717) is 10.0 Å². The molecule has 2 N–H and O–H groups in total. The van der Waals surface area contributed by atoms with Gasteiger partial charge in [0.05, 0.1) is 0 Å². The number of hydrogen-bond donors (Lipinski definition) is 1. The molecule has 0 bridgehead atoms. The Hall–Kier alpha value is -1.02. The second-order valence-electron chi connectivity index (χ2n) is 4.74. The van der Waals surface area contributed by atoms with E-state index in [9.17, 15) is 17.6 Å². The molecule has 2 rings (SSSR count). The smallest absolute Gasteiger partial charge is 0.421 e. The minimum Gasteiger partial charge on any atom is -0.421 e. The van der Waals surface area contributed by atoms with Crippen LogP contribution in [0.1, 0.15) is 19.4 Å². The minimum atomic E-state index is -4.73. The Morgan fingerprint density at radius 2 is 1.47 bits per heavy atom. The average Bonchev–Trinajstić information content (AvgIpc) is 2.17. The number of benzene rings is 1. The van der Waals surface area contributed by atoms with Gasteiger partial charge in [-0.25, -0.2) is 0 Å². The summed E-state index contributed by atoms with van der Waals surface area (Å²) in [6, 6.07) is 2.28. The highest BCUT2D eigenvalue weighted by atomic mass is 79.9. The lowest BCUT2D eigenvalue weighted by Crippen LogP contribution is -2.52. The van der Waals surface area contributed by atoms with Gasteiger partial charge in [-0.2, -0.15) is 17.6 Å². The molecule has 0 saturated carbocycles. The van der Waals surface area contributed by atoms with Crippen molar-refractivity contribution >= 4 is 15.9 Å². The molecule has 106 valence electrons. The molecule has 0 unspecified atom stereocenters. The zero-order chi connectivity index (χ0) is 14.6. The lowest BCUT2D eigenvalue weighted by atomic mass is 9.95. The quantitative estimate of drug-likeness (QED) is 0.792. The molecule has 8 heteroatoms. The third-order valence-electron chi connectivity index (χ3n) is 2.54. The van der Waals surface area contributed by atoms with E-state index in [1.807, 2.05) is 0 Å². The van der Waals surface area contributed by atoms with E-state index in [1.165, 1.54) is 0 Å². The van der Waals surface area contributed by atoms with Gasteiger partial charge in [0.1, 0.15) is 0 Å². The van der Waals surface area contributed by atoms with Crippen molar-refractivity contribution in [1.82, 2.24) is 0 Å². The first-order valence-electron chi connectivity index (χ1n) is 5.20. The highest BCUT2D eigenvalue weighted by Gasteiger charge is 2.66. The van der Waals surface area contributed by atoms with Crippen molar-refractivity contribution in [1.29, 1.82) is 0 Å². The zero-order valence-corrected chi connectivity index (χ0v) is 11.5. The Balaban J connectivity index is 2.55. The van der Waals surface area contributed by atoms with Crippen LogP contribution in [0.3, 0.4) is 0 Å². The van der Waals surface area contributed by atoms with Crippen LogP contribution >= 0.6 is 15.9 Å². The van der Waals surface area contributed by atoms with Gasteiger partial charge in [-0.1, -0.05) is 15.9 Å². The summed E-state index contributed by atoms with van der Waals surface area (Å²) in [6.07, 6.45) is -9.46. The topological polar surface area (TPSA) is 44.5 Å². The Labute approximate surface area is 114 Å². The average molecular weight is 344 g/mol. The first-order chi connectivity index (χ1) is 8.44. The van der Waals surface area contributed by atoms with Gasteiger partial charge in [0.25, 0.3) is 0 Å². The molecule has 1 aromatic rings. The summed E-state index contributed by atoms with van der Waals surface area (Å²) >= 11 is 3.13. The third-order valence-corrected chi connectivity index (χ3v) is 3.20. The van der Waals surface area contributed by atoms with E-state index < -0.39 is 29.3 Å². The lowest BCUT2D eigenvalue weighted by Gasteiger charge is -2.33. The molecular weight excluding hydrogens is 334 g/mol. The normalized spacial score (nSPS) is 20.2. The van der Waals surface area contributed by atoms with E-state index in [0.717, 1.165) is 12.1 Å². The molecule has 19 heavy (non-hydrogen) atoms. The van der Waals surface area contributed by atoms with Crippen molar-refractivity contribution in [2.24, 2.45) is 5.73 Å². The van der Waals surface area contributed by atoms with Gasteiger partial charge in [0.2, 0.25) is 0 Å². The highest BCUT2D eigenvalue weighted by Crippen LogP contribution is 2.49. The van der Waals surface area contributed by atoms with Crippen LogP contribution in [0.5, 0.6) is 11.5 Å². The van der Waals surface area contributed by atoms with Crippen LogP contribution in [0.25, 0.3) is 0 Å². The maximum Gasteiger partial charge on any atom is 0.507 e. The fraction of sp³-hybridized carbons (Fsp3) is 0.455. The fourth-order valence-corrected chi connectivity index (χ4v) is 2.42. The Bertz CT molecular complexity index is 528. The van der Waals surface area contributed by atoms with Crippen LogP contribution in [0.15, 0.2) is 16.6 Å². The largest absolute Gasteiger partial charge is 0.507 e. The Morgan fingerprint density at radius 3 is 1.89 bits per heavy atom. The van der Waals surface area contributed by atoms with Crippen LogP contribution < -0.4 is 15.2 Å². The highest BCUT2D eigenvalue weighted by molar-refractivity contribution is 9.10. The molecule has 0 radical (unpaired) electrons. The zero-order valence-electron chi connectivity index (χ0n) is 9.94. The van der Waals surface area contributed by atoms with E-state index in [2.05, 4.69) is 25.4 Å². The molecule has 0 saturated heterocycles. The molecule has 3 nitrogen and oxygen atoms in total. The third kappa shape index (κ3) is 2.38. The number of hydrogen-bond acceptors (Lipinski definition) is 3. The number of halogens is 5. The van der Waals surface area contributed by atoms with Crippen LogP contribution in [0, 0.1) is 0 Å². The number of ether oxygens (including phenoxy) is 2. The summed E-state index contributed by atoms with van der Waals surface area (Å²) in [6.45, 7) is 3.27. The second-order valence-corrected chi connectivity index (χ2v) is 5.59. The number of fused-ring (bicyclic) bond motifs is 1. The summed E-state index contributed by atoms with van der Waals surface area (Å²) in [5.74, 6) is -0.955. The molecule has 0 amide bonds. The van der Waals surface area contributed by atoms with E-state index in [1.54, 1.807) is 13.8 Å². The summed E-state index contributed by atoms with van der Waals surface area (Å²) in [5.41, 5.74) is 5.41. The summed E-state index contributed by atoms with van der Waals surface area (Å²) in [5, 5.41) is 0. The molecular formula is C11H10BrF4NO2. The van der Waals surface area contributed by atoms with E-state index in [-0.39, 0.29) is 0 Å². The molecule has 0 atom stereocenters. The predicted octanol–water partition coefficient (Wildman–Crippen LogP) is 3.60. The van der Waals surface area contributed by atoms with Crippen molar-refractivity contribution in [3.63, 3.8) is 0 Å². The summed E-state index contributed by atoms with van der Waals surface area (Å²) in [4.78, 5) is 0. The monoisotopic (exact) mass is 343 g/mol. The van der Waals surface area contributed by atoms with Gasteiger partial charge in [0, 0.05) is 10.0 Å². The molecule has 1 heterocycles. The lowest BCUT2D eigenvalue weighted by molar-refractivity contribution is -0.391. The summed E-state index contributed by atoms with van der Waals surface area (Å²) in [7, 11) is 0. The van der Waals surface area contributed by atoms with Gasteiger partial charge < -0.3 is 15.2 Å². The second kappa shape index (κ2) is 3.99. The number of nitrogens with two attached hydrogens (primary N) is 1. The van der Waals surface area contributed by atoms with Crippen molar-refractivity contribution in [2.75, 3.05) is 0 Å². The molecule has 0 fully saturated rings. The molecule has 0 aromatic heterocycles. The van der Waals surface area contributed by atoms with E-state index >= 15 is 0 Å². The van der Waals surface area contributed by atoms with Crippen LogP contribution in [0.4, 0.5) is 17.6 Å². The maximum absolute atomic E-state index is 13.0. The molecule has 1 aliphatic heterocycles. The van der Waals surface area contributed by atoms with Crippen LogP contribution in [-0.2, 0) is 5.54 Å². The van der Waals surface area contributed by atoms with Crippen molar-refractivity contribution < 1.29 is 27.0 Å². The van der Waals surface area contributed by atoms with Crippen molar-refractivity contribution in [2.45, 2.75) is 31.6 Å².